The van der Waals surface area contributed by atoms with Crippen LogP contribution in [0.2, 0.25) is 0 Å². The van der Waals surface area contributed by atoms with Crippen molar-refractivity contribution in [2.75, 3.05) is 0 Å². The Morgan fingerprint density at radius 1 is 1.53 bits per heavy atom. The van der Waals surface area contributed by atoms with Crippen LogP contribution in [0.1, 0.15) is 16.1 Å². The van der Waals surface area contributed by atoms with Gasteiger partial charge in [0, 0.05) is 5.38 Å². The Hall–Kier alpha value is -1.90. The highest BCUT2D eigenvalue weighted by Crippen LogP contribution is 2.26. The standard InChI is InChI=1S/C11H8BNO5S/c14-10(15)9-5-19-11(13-9)18-7-1-2-8-6(3-7)4-17-12(8)16/h1-3,5,16H,4H2,(H,14,15). The van der Waals surface area contributed by atoms with Gasteiger partial charge in [-0.2, -0.15) is 4.98 Å². The SMILES string of the molecule is O=C(O)c1csc(Oc2ccc3c(c2)COB3O)n1. The van der Waals surface area contributed by atoms with Gasteiger partial charge in [-0.1, -0.05) is 17.4 Å². The van der Waals surface area contributed by atoms with Gasteiger partial charge in [0.25, 0.3) is 5.19 Å². The maximum absolute atomic E-state index is 10.7. The molecule has 0 aliphatic carbocycles. The molecule has 2 aromatic rings. The number of aromatic nitrogens is 1. The molecular formula is C11H8BNO5S. The van der Waals surface area contributed by atoms with Crippen LogP contribution in [0.3, 0.4) is 0 Å². The Bertz CT molecular complexity index is 644. The van der Waals surface area contributed by atoms with Crippen LogP contribution >= 0.6 is 11.3 Å². The minimum atomic E-state index is -1.09. The van der Waals surface area contributed by atoms with Gasteiger partial charge in [0.2, 0.25) is 0 Å². The van der Waals surface area contributed by atoms with Gasteiger partial charge >= 0.3 is 13.1 Å². The molecular weight excluding hydrogens is 269 g/mol. The highest BCUT2D eigenvalue weighted by Gasteiger charge is 2.27. The van der Waals surface area contributed by atoms with Gasteiger partial charge in [-0.15, -0.1) is 0 Å². The molecule has 0 bridgehead atoms. The van der Waals surface area contributed by atoms with E-state index in [4.69, 9.17) is 14.5 Å². The van der Waals surface area contributed by atoms with Crippen molar-refractivity contribution in [3.8, 4) is 10.9 Å². The van der Waals surface area contributed by atoms with Crippen molar-refractivity contribution in [3.63, 3.8) is 0 Å². The normalized spacial score (nSPS) is 13.4. The van der Waals surface area contributed by atoms with E-state index in [1.807, 2.05) is 0 Å². The van der Waals surface area contributed by atoms with Gasteiger partial charge in [-0.25, -0.2) is 4.79 Å². The summed E-state index contributed by atoms with van der Waals surface area (Å²) in [6.07, 6.45) is 0. The Balaban J connectivity index is 1.81. The van der Waals surface area contributed by atoms with Crippen molar-refractivity contribution in [3.05, 3.63) is 34.8 Å². The Labute approximate surface area is 112 Å². The number of benzene rings is 1. The number of carboxylic acids is 1. The lowest BCUT2D eigenvalue weighted by molar-refractivity contribution is 0.0690. The molecule has 8 heteroatoms. The average Bonchev–Trinajstić information content (AvgIpc) is 2.97. The molecule has 1 aromatic carbocycles. The first-order chi connectivity index (χ1) is 9.13. The molecule has 0 fully saturated rings. The third kappa shape index (κ3) is 2.33. The number of rotatable bonds is 3. The summed E-state index contributed by atoms with van der Waals surface area (Å²) in [5.41, 5.74) is 1.53. The van der Waals surface area contributed by atoms with E-state index in [1.165, 1.54) is 5.38 Å². The quantitative estimate of drug-likeness (QED) is 0.808. The van der Waals surface area contributed by atoms with Crippen LogP contribution in [-0.4, -0.2) is 28.2 Å². The first kappa shape index (κ1) is 12.2. The van der Waals surface area contributed by atoms with Crippen LogP contribution in [0.25, 0.3) is 0 Å². The molecule has 3 rings (SSSR count). The van der Waals surface area contributed by atoms with Gasteiger partial charge in [0.1, 0.15) is 5.75 Å². The molecule has 0 amide bonds. The lowest BCUT2D eigenvalue weighted by atomic mass is 9.80. The second kappa shape index (κ2) is 4.65. The molecule has 1 aromatic heterocycles. The number of carbonyl (C=O) groups is 1. The zero-order chi connectivity index (χ0) is 13.4. The molecule has 0 radical (unpaired) electrons. The summed E-state index contributed by atoms with van der Waals surface area (Å²) in [5.74, 6) is -0.556. The summed E-state index contributed by atoms with van der Waals surface area (Å²) in [6, 6.07) is 5.14. The number of hydrogen-bond acceptors (Lipinski definition) is 6. The largest absolute Gasteiger partial charge is 0.491 e. The number of carboxylic acid groups (broad SMARTS) is 1. The van der Waals surface area contributed by atoms with Crippen molar-refractivity contribution in [2.45, 2.75) is 6.61 Å². The molecule has 96 valence electrons. The van der Waals surface area contributed by atoms with Crippen molar-refractivity contribution < 1.29 is 24.3 Å². The van der Waals surface area contributed by atoms with E-state index >= 15 is 0 Å². The van der Waals surface area contributed by atoms with Crippen LogP contribution in [0, 0.1) is 0 Å². The number of ether oxygens (including phenoxy) is 1. The van der Waals surface area contributed by atoms with Crippen molar-refractivity contribution >= 4 is 29.9 Å². The topological polar surface area (TPSA) is 88.9 Å². The predicted molar refractivity (Wildman–Crippen MR) is 68.0 cm³/mol. The first-order valence-corrected chi connectivity index (χ1v) is 6.30. The van der Waals surface area contributed by atoms with E-state index in [9.17, 15) is 9.82 Å². The van der Waals surface area contributed by atoms with Gasteiger partial charge in [0.05, 0.1) is 6.61 Å². The smallest absolute Gasteiger partial charge is 0.476 e. The van der Waals surface area contributed by atoms with E-state index in [0.717, 1.165) is 22.4 Å². The van der Waals surface area contributed by atoms with Crippen LogP contribution in [0.15, 0.2) is 23.6 Å². The van der Waals surface area contributed by atoms with Crippen LogP contribution in [-0.2, 0) is 11.3 Å². The summed E-state index contributed by atoms with van der Waals surface area (Å²) < 4.78 is 10.5. The monoisotopic (exact) mass is 277 g/mol. The number of nitrogens with zero attached hydrogens (tertiary/aromatic N) is 1. The van der Waals surface area contributed by atoms with Gasteiger partial charge < -0.3 is 19.5 Å². The lowest BCUT2D eigenvalue weighted by Gasteiger charge is -2.03. The lowest BCUT2D eigenvalue weighted by Crippen LogP contribution is -2.27. The highest BCUT2D eigenvalue weighted by molar-refractivity contribution is 7.11. The number of aromatic carboxylic acids is 1. The summed E-state index contributed by atoms with van der Waals surface area (Å²) in [7, 11) is -0.887. The molecule has 6 nitrogen and oxygen atoms in total. The third-order valence-corrected chi connectivity index (χ3v) is 3.40. The molecule has 1 aliphatic rings. The zero-order valence-electron chi connectivity index (χ0n) is 9.57. The fraction of sp³-hybridized carbons (Fsp3) is 0.0909. The highest BCUT2D eigenvalue weighted by atomic mass is 32.1. The minimum absolute atomic E-state index is 0.0417. The summed E-state index contributed by atoms with van der Waals surface area (Å²) in [6.45, 7) is 0.325. The Kier molecular flexibility index (Phi) is 2.98. The van der Waals surface area contributed by atoms with E-state index < -0.39 is 13.1 Å². The number of fused-ring (bicyclic) bond motifs is 1. The maximum atomic E-state index is 10.7. The molecule has 19 heavy (non-hydrogen) atoms. The molecule has 2 heterocycles. The van der Waals surface area contributed by atoms with E-state index in [-0.39, 0.29) is 10.9 Å². The van der Waals surface area contributed by atoms with Gasteiger partial charge in [-0.05, 0) is 23.2 Å². The Morgan fingerprint density at radius 2 is 2.37 bits per heavy atom. The van der Waals surface area contributed by atoms with E-state index in [2.05, 4.69) is 4.98 Å². The second-order valence-corrected chi connectivity index (χ2v) is 4.75. The zero-order valence-corrected chi connectivity index (χ0v) is 10.4. The molecule has 1 aliphatic heterocycles. The summed E-state index contributed by atoms with van der Waals surface area (Å²) in [4.78, 5) is 14.5. The van der Waals surface area contributed by atoms with E-state index in [1.54, 1.807) is 18.2 Å². The second-order valence-electron chi connectivity index (χ2n) is 3.93. The number of hydrogen-bond donors (Lipinski definition) is 2. The Morgan fingerprint density at radius 3 is 3.11 bits per heavy atom. The molecule has 0 saturated heterocycles. The van der Waals surface area contributed by atoms with E-state index in [0.29, 0.717) is 12.4 Å². The van der Waals surface area contributed by atoms with Crippen molar-refractivity contribution in [1.82, 2.24) is 4.98 Å². The third-order valence-electron chi connectivity index (χ3n) is 2.68. The van der Waals surface area contributed by atoms with Crippen LogP contribution in [0.4, 0.5) is 0 Å². The number of thiazole rings is 1. The fourth-order valence-corrected chi connectivity index (χ4v) is 2.43. The van der Waals surface area contributed by atoms with Crippen molar-refractivity contribution in [2.24, 2.45) is 0 Å². The fourth-order valence-electron chi connectivity index (χ4n) is 1.77. The molecule has 0 spiro atoms. The van der Waals surface area contributed by atoms with Crippen LogP contribution in [0.5, 0.6) is 10.9 Å². The molecule has 2 N–H and O–H groups in total. The van der Waals surface area contributed by atoms with Crippen molar-refractivity contribution in [1.29, 1.82) is 0 Å². The average molecular weight is 277 g/mol. The maximum Gasteiger partial charge on any atom is 0.491 e. The summed E-state index contributed by atoms with van der Waals surface area (Å²) in [5, 5.41) is 19.9. The molecule has 0 atom stereocenters. The molecule has 0 saturated carbocycles. The minimum Gasteiger partial charge on any atom is -0.476 e. The predicted octanol–water partition coefficient (Wildman–Crippen LogP) is 0.851. The summed E-state index contributed by atoms with van der Waals surface area (Å²) >= 11 is 1.11. The first-order valence-electron chi connectivity index (χ1n) is 5.42. The van der Waals surface area contributed by atoms with Gasteiger partial charge in [0.15, 0.2) is 5.69 Å². The van der Waals surface area contributed by atoms with Crippen LogP contribution < -0.4 is 10.2 Å². The van der Waals surface area contributed by atoms with Gasteiger partial charge in [-0.3, -0.25) is 0 Å². The molecule has 0 unspecified atom stereocenters.